The first-order valence-electron chi connectivity index (χ1n) is 6.52. The average molecular weight is 267 g/mol. The molecule has 0 bridgehead atoms. The number of carbonyl (C=O) groups excluding carboxylic acids is 1. The van der Waals surface area contributed by atoms with Crippen LogP contribution in [0.5, 0.6) is 0 Å². The molecule has 0 amide bonds. The Kier molecular flexibility index (Phi) is 4.40. The van der Waals surface area contributed by atoms with Crippen LogP contribution in [0.2, 0.25) is 0 Å². The van der Waals surface area contributed by atoms with Crippen LogP contribution in [0.25, 0.3) is 0 Å². The van der Waals surface area contributed by atoms with Crippen molar-refractivity contribution in [3.05, 3.63) is 21.4 Å². The van der Waals surface area contributed by atoms with Gasteiger partial charge in [-0.2, -0.15) is 0 Å². The van der Waals surface area contributed by atoms with Crippen molar-refractivity contribution >= 4 is 17.3 Å². The molecule has 0 saturated carbocycles. The molecule has 1 aliphatic heterocycles. The van der Waals surface area contributed by atoms with E-state index in [1.54, 1.807) is 11.3 Å². The van der Waals surface area contributed by atoms with Crippen molar-refractivity contribution in [1.29, 1.82) is 0 Å². The molecule has 2 heterocycles. The third-order valence-electron chi connectivity index (χ3n) is 3.99. The summed E-state index contributed by atoms with van der Waals surface area (Å²) in [6, 6.07) is 0. The van der Waals surface area contributed by atoms with Crippen LogP contribution in [0.15, 0.2) is 5.38 Å². The molecule has 2 rings (SSSR count). The van der Waals surface area contributed by atoms with Crippen molar-refractivity contribution in [2.24, 2.45) is 5.92 Å². The Morgan fingerprint density at radius 1 is 1.50 bits per heavy atom. The summed E-state index contributed by atoms with van der Waals surface area (Å²) in [6.45, 7) is 6.55. The van der Waals surface area contributed by atoms with E-state index in [0.29, 0.717) is 5.92 Å². The van der Waals surface area contributed by atoms with E-state index in [0.717, 1.165) is 30.1 Å². The molecule has 0 aromatic carbocycles. The molecule has 1 N–H and O–H groups in total. The summed E-state index contributed by atoms with van der Waals surface area (Å²) in [6.07, 6.45) is 2.46. The van der Waals surface area contributed by atoms with E-state index in [9.17, 15) is 4.79 Å². The van der Waals surface area contributed by atoms with Crippen LogP contribution in [0.4, 0.5) is 0 Å². The molecule has 1 fully saturated rings. The Morgan fingerprint density at radius 2 is 2.17 bits per heavy atom. The van der Waals surface area contributed by atoms with Gasteiger partial charge in [-0.1, -0.05) is 6.92 Å². The molecular weight excluding hydrogens is 246 g/mol. The molecule has 1 aromatic rings. The number of thiophene rings is 1. The van der Waals surface area contributed by atoms with Crippen LogP contribution in [-0.2, 0) is 4.74 Å². The van der Waals surface area contributed by atoms with Crippen molar-refractivity contribution in [3.63, 3.8) is 0 Å². The van der Waals surface area contributed by atoms with E-state index in [1.807, 2.05) is 12.3 Å². The number of nitrogens with one attached hydrogen (secondary N) is 1. The van der Waals surface area contributed by atoms with Crippen molar-refractivity contribution in [2.45, 2.75) is 32.6 Å². The lowest BCUT2D eigenvalue weighted by Crippen LogP contribution is -2.30. The largest absolute Gasteiger partial charge is 0.465 e. The summed E-state index contributed by atoms with van der Waals surface area (Å²) in [5.74, 6) is 1.05. The number of piperidine rings is 1. The highest BCUT2D eigenvalue weighted by Crippen LogP contribution is 2.37. The third kappa shape index (κ3) is 2.59. The Labute approximate surface area is 113 Å². The predicted molar refractivity (Wildman–Crippen MR) is 74.4 cm³/mol. The van der Waals surface area contributed by atoms with Crippen molar-refractivity contribution in [3.8, 4) is 0 Å². The van der Waals surface area contributed by atoms with Gasteiger partial charge < -0.3 is 10.1 Å². The highest BCUT2D eigenvalue weighted by molar-refractivity contribution is 7.10. The van der Waals surface area contributed by atoms with Crippen molar-refractivity contribution in [1.82, 2.24) is 5.32 Å². The molecule has 3 nitrogen and oxygen atoms in total. The molecule has 1 atom stereocenters. The van der Waals surface area contributed by atoms with E-state index in [4.69, 9.17) is 4.74 Å². The van der Waals surface area contributed by atoms with Crippen molar-refractivity contribution in [2.75, 3.05) is 20.2 Å². The maximum atomic E-state index is 11.6. The van der Waals surface area contributed by atoms with Gasteiger partial charge in [-0.05, 0) is 50.3 Å². The molecule has 1 saturated heterocycles. The molecule has 4 heteroatoms. The molecule has 1 aliphatic rings. The number of carbonyl (C=O) groups is 1. The standard InChI is InChI=1S/C14H21NO2S/c1-9(11-4-6-15-7-5-11)13-10(2)12(8-18-13)14(16)17-3/h8-9,11,15H,4-7H2,1-3H3. The van der Waals surface area contributed by atoms with Crippen LogP contribution >= 0.6 is 11.3 Å². The first kappa shape index (κ1) is 13.6. The fraction of sp³-hybridized carbons (Fsp3) is 0.643. The Hall–Kier alpha value is -0.870. The Balaban J connectivity index is 2.17. The number of methoxy groups -OCH3 is 1. The number of hydrogen-bond acceptors (Lipinski definition) is 4. The predicted octanol–water partition coefficient (Wildman–Crippen LogP) is 2.95. The van der Waals surface area contributed by atoms with E-state index >= 15 is 0 Å². The number of hydrogen-bond donors (Lipinski definition) is 1. The normalized spacial score (nSPS) is 18.6. The van der Waals surface area contributed by atoms with Crippen LogP contribution in [0, 0.1) is 12.8 Å². The number of ether oxygens (including phenoxy) is 1. The molecule has 0 aliphatic carbocycles. The van der Waals surface area contributed by atoms with E-state index in [1.165, 1.54) is 24.8 Å². The van der Waals surface area contributed by atoms with E-state index < -0.39 is 0 Å². The van der Waals surface area contributed by atoms with Gasteiger partial charge in [0, 0.05) is 10.3 Å². The smallest absolute Gasteiger partial charge is 0.338 e. The number of esters is 1. The number of rotatable bonds is 3. The van der Waals surface area contributed by atoms with Gasteiger partial charge in [0.25, 0.3) is 0 Å². The minimum Gasteiger partial charge on any atom is -0.465 e. The van der Waals surface area contributed by atoms with Gasteiger partial charge >= 0.3 is 5.97 Å². The fourth-order valence-corrected chi connectivity index (χ4v) is 3.96. The zero-order valence-electron chi connectivity index (χ0n) is 11.3. The zero-order chi connectivity index (χ0) is 13.1. The van der Waals surface area contributed by atoms with Crippen LogP contribution in [0.3, 0.4) is 0 Å². The van der Waals surface area contributed by atoms with Gasteiger partial charge in [0.1, 0.15) is 0 Å². The topological polar surface area (TPSA) is 38.3 Å². The first-order valence-corrected chi connectivity index (χ1v) is 7.40. The molecule has 1 unspecified atom stereocenters. The second-order valence-corrected chi connectivity index (χ2v) is 5.92. The van der Waals surface area contributed by atoms with Crippen LogP contribution in [0.1, 0.15) is 46.5 Å². The van der Waals surface area contributed by atoms with E-state index in [-0.39, 0.29) is 5.97 Å². The first-order chi connectivity index (χ1) is 8.65. The summed E-state index contributed by atoms with van der Waals surface area (Å²) >= 11 is 1.70. The SMILES string of the molecule is COC(=O)c1csc(C(C)C2CCNCC2)c1C. The van der Waals surface area contributed by atoms with Gasteiger partial charge in [-0.15, -0.1) is 11.3 Å². The summed E-state index contributed by atoms with van der Waals surface area (Å²) < 4.78 is 4.81. The maximum Gasteiger partial charge on any atom is 0.338 e. The highest BCUT2D eigenvalue weighted by atomic mass is 32.1. The average Bonchev–Trinajstić information content (AvgIpc) is 2.80. The minimum atomic E-state index is -0.215. The van der Waals surface area contributed by atoms with Crippen molar-refractivity contribution < 1.29 is 9.53 Å². The summed E-state index contributed by atoms with van der Waals surface area (Å²) in [5, 5.41) is 5.34. The minimum absolute atomic E-state index is 0.215. The van der Waals surface area contributed by atoms with Gasteiger partial charge in [-0.3, -0.25) is 0 Å². The molecule has 0 radical (unpaired) electrons. The third-order valence-corrected chi connectivity index (χ3v) is 5.27. The van der Waals surface area contributed by atoms with Gasteiger partial charge in [0.2, 0.25) is 0 Å². The van der Waals surface area contributed by atoms with Gasteiger partial charge in [0.15, 0.2) is 0 Å². The second-order valence-electron chi connectivity index (χ2n) is 5.01. The second kappa shape index (κ2) is 5.85. The molecule has 100 valence electrons. The summed E-state index contributed by atoms with van der Waals surface area (Å²) in [7, 11) is 1.44. The Morgan fingerprint density at radius 3 is 2.78 bits per heavy atom. The zero-order valence-corrected chi connectivity index (χ0v) is 12.1. The van der Waals surface area contributed by atoms with E-state index in [2.05, 4.69) is 12.2 Å². The summed E-state index contributed by atoms with van der Waals surface area (Å²) in [5.41, 5.74) is 1.84. The monoisotopic (exact) mass is 267 g/mol. The molecule has 1 aromatic heterocycles. The highest BCUT2D eigenvalue weighted by Gasteiger charge is 2.25. The molecular formula is C14H21NO2S. The van der Waals surface area contributed by atoms with Crippen LogP contribution < -0.4 is 5.32 Å². The fourth-order valence-electron chi connectivity index (χ4n) is 2.75. The molecule has 0 spiro atoms. The lowest BCUT2D eigenvalue weighted by atomic mass is 9.84. The lowest BCUT2D eigenvalue weighted by Gasteiger charge is -2.28. The quantitative estimate of drug-likeness (QED) is 0.856. The van der Waals surface area contributed by atoms with Crippen LogP contribution in [-0.4, -0.2) is 26.2 Å². The Bertz CT molecular complexity index is 421. The van der Waals surface area contributed by atoms with Gasteiger partial charge in [-0.25, -0.2) is 4.79 Å². The molecule has 18 heavy (non-hydrogen) atoms. The maximum absolute atomic E-state index is 11.6. The van der Waals surface area contributed by atoms with Gasteiger partial charge in [0.05, 0.1) is 12.7 Å². The summed E-state index contributed by atoms with van der Waals surface area (Å²) in [4.78, 5) is 13.0. The lowest BCUT2D eigenvalue weighted by molar-refractivity contribution is 0.0600.